The third-order valence-corrected chi connectivity index (χ3v) is 5.50. The molecule has 2 heterocycles. The van der Waals surface area contributed by atoms with Gasteiger partial charge in [0.25, 0.3) is 0 Å². The fraction of sp³-hybridized carbons (Fsp3) is 0.261. The zero-order chi connectivity index (χ0) is 20.7. The largest absolute Gasteiger partial charge is 0.493 e. The Morgan fingerprint density at radius 2 is 1.60 bits per heavy atom. The lowest BCUT2D eigenvalue weighted by atomic mass is 10.0. The van der Waals surface area contributed by atoms with Crippen LogP contribution in [0.25, 0.3) is 22.5 Å². The summed E-state index contributed by atoms with van der Waals surface area (Å²) >= 11 is 0. The molecular weight excluding hydrogens is 382 g/mol. The highest BCUT2D eigenvalue weighted by molar-refractivity contribution is 6.23. The predicted molar refractivity (Wildman–Crippen MR) is 112 cm³/mol. The summed E-state index contributed by atoms with van der Waals surface area (Å²) in [4.78, 5) is 25.0. The molecule has 0 saturated carbocycles. The number of hydrogen-bond donors (Lipinski definition) is 0. The van der Waals surface area contributed by atoms with Crippen LogP contribution < -0.4 is 14.4 Å². The summed E-state index contributed by atoms with van der Waals surface area (Å²) < 4.78 is 16.3. The Morgan fingerprint density at radius 1 is 0.900 bits per heavy atom. The first kappa shape index (κ1) is 18.6. The smallest absolute Gasteiger partial charge is 0.226 e. The highest BCUT2D eigenvalue weighted by Crippen LogP contribution is 2.42. The third-order valence-electron chi connectivity index (χ3n) is 5.50. The van der Waals surface area contributed by atoms with E-state index in [1.165, 1.54) is 0 Å². The van der Waals surface area contributed by atoms with Gasteiger partial charge in [0, 0.05) is 29.8 Å². The molecule has 0 atom stereocenters. The van der Waals surface area contributed by atoms with Gasteiger partial charge in [-0.1, -0.05) is 24.3 Å². The monoisotopic (exact) mass is 403 g/mol. The number of ketones is 1. The van der Waals surface area contributed by atoms with E-state index in [9.17, 15) is 4.79 Å². The van der Waals surface area contributed by atoms with Crippen molar-refractivity contribution in [2.45, 2.75) is 0 Å². The maximum Gasteiger partial charge on any atom is 0.226 e. The SMILES string of the molecule is COc1ccc(-c2nc(N3CCOCC3)nc3c2C(=O)c2ccccc2-3)cc1OC. The number of carbonyl (C=O) groups excluding carboxylic acids is 1. The zero-order valence-corrected chi connectivity index (χ0v) is 16.8. The standard InChI is InChI=1S/C23H21N3O4/c1-28-17-8-7-14(13-18(17)29-2)20-19-21(15-5-3-4-6-16(15)22(19)27)25-23(24-20)26-9-11-30-12-10-26/h3-8,13H,9-12H2,1-2H3. The van der Waals surface area contributed by atoms with Crippen LogP contribution in [-0.4, -0.2) is 56.3 Å². The van der Waals surface area contributed by atoms with E-state index in [4.69, 9.17) is 24.2 Å². The van der Waals surface area contributed by atoms with Crippen LogP contribution in [0.3, 0.4) is 0 Å². The van der Waals surface area contributed by atoms with E-state index in [0.29, 0.717) is 66.3 Å². The minimum absolute atomic E-state index is 0.0566. The lowest BCUT2D eigenvalue weighted by Gasteiger charge is -2.27. The maximum atomic E-state index is 13.3. The van der Waals surface area contributed by atoms with E-state index in [2.05, 4.69) is 4.90 Å². The van der Waals surface area contributed by atoms with E-state index in [1.807, 2.05) is 42.5 Å². The summed E-state index contributed by atoms with van der Waals surface area (Å²) in [5, 5.41) is 0. The minimum Gasteiger partial charge on any atom is -0.493 e. The quantitative estimate of drug-likeness (QED) is 0.518. The fourth-order valence-corrected chi connectivity index (χ4v) is 3.98. The van der Waals surface area contributed by atoms with Gasteiger partial charge in [0.1, 0.15) is 0 Å². The molecule has 1 fully saturated rings. The molecule has 0 unspecified atom stereocenters. The van der Waals surface area contributed by atoms with Gasteiger partial charge >= 0.3 is 0 Å². The number of anilines is 1. The summed E-state index contributed by atoms with van der Waals surface area (Å²) in [7, 11) is 3.18. The summed E-state index contributed by atoms with van der Waals surface area (Å²) in [6.45, 7) is 2.67. The first-order chi connectivity index (χ1) is 14.7. The molecule has 0 spiro atoms. The molecule has 0 radical (unpaired) electrons. The number of hydrogen-bond acceptors (Lipinski definition) is 7. The second-order valence-corrected chi connectivity index (χ2v) is 7.14. The van der Waals surface area contributed by atoms with E-state index >= 15 is 0 Å². The van der Waals surface area contributed by atoms with Crippen molar-refractivity contribution < 1.29 is 19.0 Å². The highest BCUT2D eigenvalue weighted by Gasteiger charge is 2.33. The minimum atomic E-state index is -0.0566. The topological polar surface area (TPSA) is 73.8 Å². The molecule has 3 aromatic rings. The summed E-state index contributed by atoms with van der Waals surface area (Å²) in [6, 6.07) is 13.1. The van der Waals surface area contributed by atoms with Gasteiger partial charge in [-0.25, -0.2) is 9.97 Å². The number of nitrogens with zero attached hydrogens (tertiary/aromatic N) is 3. The number of aromatic nitrogens is 2. The van der Waals surface area contributed by atoms with Crippen LogP contribution in [0.5, 0.6) is 11.5 Å². The predicted octanol–water partition coefficient (Wildman–Crippen LogP) is 3.21. The van der Waals surface area contributed by atoms with Crippen molar-refractivity contribution in [3.05, 3.63) is 53.6 Å². The van der Waals surface area contributed by atoms with Crippen LogP contribution in [-0.2, 0) is 4.74 Å². The van der Waals surface area contributed by atoms with E-state index in [-0.39, 0.29) is 5.78 Å². The first-order valence-corrected chi connectivity index (χ1v) is 9.82. The number of methoxy groups -OCH3 is 2. The lowest BCUT2D eigenvalue weighted by Crippen LogP contribution is -2.37. The van der Waals surface area contributed by atoms with Crippen molar-refractivity contribution >= 4 is 11.7 Å². The van der Waals surface area contributed by atoms with Crippen LogP contribution >= 0.6 is 0 Å². The second kappa shape index (κ2) is 7.42. The maximum absolute atomic E-state index is 13.3. The number of morpholine rings is 1. The van der Waals surface area contributed by atoms with Crippen molar-refractivity contribution in [1.82, 2.24) is 9.97 Å². The van der Waals surface area contributed by atoms with Gasteiger partial charge in [-0.2, -0.15) is 0 Å². The van der Waals surface area contributed by atoms with Crippen LogP contribution in [0.2, 0.25) is 0 Å². The molecule has 30 heavy (non-hydrogen) atoms. The number of benzene rings is 2. The molecule has 1 aliphatic carbocycles. The molecule has 1 saturated heterocycles. The summed E-state index contributed by atoms with van der Waals surface area (Å²) in [5.74, 6) is 1.75. The molecule has 0 amide bonds. The number of rotatable bonds is 4. The Balaban J connectivity index is 1.74. The Labute approximate surface area is 174 Å². The normalized spacial score (nSPS) is 15.0. The van der Waals surface area contributed by atoms with Crippen LogP contribution in [0.1, 0.15) is 15.9 Å². The summed E-state index contributed by atoms with van der Waals surface area (Å²) in [5.41, 5.74) is 4.08. The van der Waals surface area contributed by atoms with Gasteiger partial charge < -0.3 is 19.1 Å². The number of carbonyl (C=O) groups is 1. The zero-order valence-electron chi connectivity index (χ0n) is 16.8. The Hall–Kier alpha value is -3.45. The second-order valence-electron chi connectivity index (χ2n) is 7.14. The third kappa shape index (κ3) is 2.90. The van der Waals surface area contributed by atoms with Crippen molar-refractivity contribution in [3.8, 4) is 34.0 Å². The van der Waals surface area contributed by atoms with Gasteiger partial charge in [0.2, 0.25) is 5.95 Å². The van der Waals surface area contributed by atoms with Gasteiger partial charge in [0.05, 0.1) is 44.4 Å². The van der Waals surface area contributed by atoms with Gasteiger partial charge in [-0.05, 0) is 18.2 Å². The van der Waals surface area contributed by atoms with Crippen LogP contribution in [0, 0.1) is 0 Å². The van der Waals surface area contributed by atoms with Crippen molar-refractivity contribution in [1.29, 1.82) is 0 Å². The average molecular weight is 403 g/mol. The van der Waals surface area contributed by atoms with Gasteiger partial charge in [-0.15, -0.1) is 0 Å². The van der Waals surface area contributed by atoms with Gasteiger partial charge in [-0.3, -0.25) is 4.79 Å². The average Bonchev–Trinajstić information content (AvgIpc) is 3.11. The molecule has 7 nitrogen and oxygen atoms in total. The van der Waals surface area contributed by atoms with Crippen molar-refractivity contribution in [2.75, 3.05) is 45.4 Å². The Bertz CT molecular complexity index is 1140. The molecule has 1 aliphatic heterocycles. The molecular formula is C23H21N3O4. The van der Waals surface area contributed by atoms with Crippen molar-refractivity contribution in [2.24, 2.45) is 0 Å². The molecule has 0 N–H and O–H groups in total. The Morgan fingerprint density at radius 3 is 2.33 bits per heavy atom. The number of fused-ring (bicyclic) bond motifs is 3. The Kier molecular flexibility index (Phi) is 4.59. The number of ether oxygens (including phenoxy) is 3. The van der Waals surface area contributed by atoms with Crippen LogP contribution in [0.4, 0.5) is 5.95 Å². The van der Waals surface area contributed by atoms with Crippen molar-refractivity contribution in [3.63, 3.8) is 0 Å². The van der Waals surface area contributed by atoms with E-state index < -0.39 is 0 Å². The molecule has 152 valence electrons. The molecule has 1 aromatic heterocycles. The molecule has 5 rings (SSSR count). The molecule has 2 aromatic carbocycles. The summed E-state index contributed by atoms with van der Waals surface area (Å²) in [6.07, 6.45) is 0. The molecule has 0 bridgehead atoms. The molecule has 7 heteroatoms. The fourth-order valence-electron chi connectivity index (χ4n) is 3.98. The van der Waals surface area contributed by atoms with Crippen LogP contribution in [0.15, 0.2) is 42.5 Å². The van der Waals surface area contributed by atoms with Gasteiger partial charge in [0.15, 0.2) is 17.3 Å². The van der Waals surface area contributed by atoms with E-state index in [1.54, 1.807) is 14.2 Å². The lowest BCUT2D eigenvalue weighted by molar-refractivity contribution is 0.104. The molecule has 2 aliphatic rings. The highest BCUT2D eigenvalue weighted by atomic mass is 16.5. The van der Waals surface area contributed by atoms with E-state index in [0.717, 1.165) is 11.1 Å². The first-order valence-electron chi connectivity index (χ1n) is 9.82.